The van der Waals surface area contributed by atoms with E-state index in [2.05, 4.69) is 25.3 Å². The van der Waals surface area contributed by atoms with Gasteiger partial charge in [0, 0.05) is 47.6 Å². The topological polar surface area (TPSA) is 246 Å². The number of unbranched alkanes of at least 4 members (excludes halogenated alkanes) is 2. The van der Waals surface area contributed by atoms with Gasteiger partial charge in [-0.05, 0) is 62.9 Å². The van der Waals surface area contributed by atoms with Gasteiger partial charge in [-0.3, -0.25) is 28.8 Å². The van der Waals surface area contributed by atoms with Gasteiger partial charge >= 0.3 is 0 Å². The van der Waals surface area contributed by atoms with Crippen LogP contribution in [0.4, 0.5) is 34.1 Å². The van der Waals surface area contributed by atoms with E-state index in [1.165, 1.54) is 19.9 Å². The Morgan fingerprint density at radius 3 is 1.79 bits per heavy atom. The number of aryl methyl sites for hydroxylation is 1. The van der Waals surface area contributed by atoms with Crippen molar-refractivity contribution in [3.63, 3.8) is 0 Å². The molecule has 0 spiro atoms. The molecule has 17 nitrogen and oxygen atoms in total. The summed E-state index contributed by atoms with van der Waals surface area (Å²) < 4.78 is 2.19. The van der Waals surface area contributed by atoms with Gasteiger partial charge < -0.3 is 20.4 Å². The van der Waals surface area contributed by atoms with Gasteiger partial charge in [0.15, 0.2) is 11.6 Å². The van der Waals surface area contributed by atoms with E-state index >= 15 is 0 Å². The molecule has 0 aliphatic heterocycles. The van der Waals surface area contributed by atoms with Crippen molar-refractivity contribution in [1.29, 1.82) is 5.26 Å². The van der Waals surface area contributed by atoms with E-state index in [1.807, 2.05) is 26.8 Å². The van der Waals surface area contributed by atoms with Crippen LogP contribution in [0.1, 0.15) is 61.8 Å². The Labute approximate surface area is 314 Å². The van der Waals surface area contributed by atoms with Crippen molar-refractivity contribution in [2.75, 3.05) is 0 Å². The number of phenols is 2. The van der Waals surface area contributed by atoms with Gasteiger partial charge in [-0.1, -0.05) is 32.8 Å². The molecule has 1 radical (unpaired) electrons. The summed E-state index contributed by atoms with van der Waals surface area (Å²) in [5.74, 6) is -1.19. The summed E-state index contributed by atoms with van der Waals surface area (Å²) in [7, 11) is 0. The Morgan fingerprint density at radius 1 is 0.811 bits per heavy atom. The zero-order valence-corrected chi connectivity index (χ0v) is 30.5. The van der Waals surface area contributed by atoms with Gasteiger partial charge in [-0.2, -0.15) is 5.26 Å². The van der Waals surface area contributed by atoms with Crippen LogP contribution < -0.4 is 11.1 Å². The second-order valence-corrected chi connectivity index (χ2v) is 11.5. The Morgan fingerprint density at radius 2 is 1.30 bits per heavy atom. The van der Waals surface area contributed by atoms with Gasteiger partial charge in [0.1, 0.15) is 40.2 Å². The fourth-order valence-corrected chi connectivity index (χ4v) is 4.77. The fourth-order valence-electron chi connectivity index (χ4n) is 4.77. The number of hydrogen-bond donors (Lipinski definition) is 4. The summed E-state index contributed by atoms with van der Waals surface area (Å²) in [5.41, 5.74) is -0.474. The number of pyridine rings is 2. The van der Waals surface area contributed by atoms with Crippen molar-refractivity contribution >= 4 is 34.1 Å². The zero-order valence-electron chi connectivity index (χ0n) is 29.5. The molecule has 279 valence electrons. The van der Waals surface area contributed by atoms with Crippen LogP contribution in [0, 0.1) is 48.8 Å². The average Bonchev–Trinajstić information content (AvgIpc) is 3.10. The Kier molecular flexibility index (Phi) is 15.6. The molecule has 2 heterocycles. The van der Waals surface area contributed by atoms with Gasteiger partial charge in [-0.15, -0.1) is 20.5 Å². The Hall–Kier alpha value is -6.37. The Balaban J connectivity index is 0.000000361. The first-order valence-corrected chi connectivity index (χ1v) is 16.0. The molecule has 4 aromatic rings. The van der Waals surface area contributed by atoms with Crippen molar-refractivity contribution in [1.82, 2.24) is 9.13 Å². The summed E-state index contributed by atoms with van der Waals surface area (Å²) in [6.45, 7) is 16.4. The van der Waals surface area contributed by atoms with Gasteiger partial charge in [0.25, 0.3) is 16.8 Å². The maximum absolute atomic E-state index is 12.6. The third-order valence-electron chi connectivity index (χ3n) is 7.79. The predicted molar refractivity (Wildman–Crippen MR) is 191 cm³/mol. The first-order chi connectivity index (χ1) is 24.7. The molecule has 0 saturated heterocycles. The maximum Gasteiger partial charge on any atom is 0.281 e. The first kappa shape index (κ1) is 42.8. The summed E-state index contributed by atoms with van der Waals surface area (Å²) >= 11 is 0. The zero-order chi connectivity index (χ0) is 38.7. The van der Waals surface area contributed by atoms with Crippen LogP contribution in [0.15, 0.2) is 66.4 Å². The molecule has 0 unspecified atom stereocenters. The van der Waals surface area contributed by atoms with E-state index in [9.17, 15) is 45.4 Å². The minimum Gasteiger partial charge on any atom is -0.506 e. The molecule has 0 saturated carbocycles. The number of phenolic OH excluding ortho intramolecular Hbond substituents is 2. The van der Waals surface area contributed by atoms with Crippen molar-refractivity contribution in [3.05, 3.63) is 101 Å². The first-order valence-electron chi connectivity index (χ1n) is 16.0. The Bertz CT molecular complexity index is 2270. The summed E-state index contributed by atoms with van der Waals surface area (Å²) in [6.07, 6.45) is 2.88. The van der Waals surface area contributed by atoms with E-state index in [1.54, 1.807) is 12.1 Å². The monoisotopic (exact) mass is 770 g/mol. The van der Waals surface area contributed by atoms with Crippen LogP contribution in [0.2, 0.25) is 0 Å². The predicted octanol–water partition coefficient (Wildman–Crippen LogP) is 8.20. The number of aromatic nitrogens is 2. The van der Waals surface area contributed by atoms with Crippen molar-refractivity contribution in [3.8, 4) is 29.3 Å². The molecule has 18 heteroatoms. The molecule has 0 aliphatic rings. The van der Waals surface area contributed by atoms with Crippen molar-refractivity contribution < 1.29 is 42.1 Å². The molecule has 0 bridgehead atoms. The second-order valence-electron chi connectivity index (χ2n) is 11.5. The van der Waals surface area contributed by atoms with Gasteiger partial charge in [-0.25, -0.2) is 4.85 Å². The minimum atomic E-state index is -0.654. The molecular formula is C35H37CoN9O8. The van der Waals surface area contributed by atoms with Gasteiger partial charge in [0.05, 0.1) is 11.5 Å². The molecule has 53 heavy (non-hydrogen) atoms. The maximum atomic E-state index is 12.6. The summed E-state index contributed by atoms with van der Waals surface area (Å²) in [5, 5.41) is 75.6. The molecule has 0 aliphatic carbocycles. The molecule has 0 amide bonds. The van der Waals surface area contributed by atoms with Crippen LogP contribution in [0.5, 0.6) is 23.3 Å². The van der Waals surface area contributed by atoms with E-state index in [0.717, 1.165) is 45.7 Å². The fraction of sp³-hybridized carbons (Fsp3) is 0.314. The molecule has 0 atom stereocenters. The smallest absolute Gasteiger partial charge is 0.281 e. The number of non-ortho nitro benzene ring substituents is 1. The number of azo groups is 2. The number of rotatable bonds is 11. The number of hydrogen-bond acceptors (Lipinski definition) is 13. The van der Waals surface area contributed by atoms with Crippen molar-refractivity contribution in [2.45, 2.75) is 73.4 Å². The quantitative estimate of drug-likeness (QED) is 0.0496. The van der Waals surface area contributed by atoms with Crippen LogP contribution >= 0.6 is 0 Å². The van der Waals surface area contributed by atoms with E-state index in [0.29, 0.717) is 12.8 Å². The van der Waals surface area contributed by atoms with Crippen molar-refractivity contribution in [2.24, 2.45) is 20.5 Å². The number of nitro groups is 1. The molecule has 0 fully saturated rings. The number of aromatic hydroxyl groups is 4. The molecule has 2 aromatic carbocycles. The molecular weight excluding hydrogens is 733 g/mol. The number of nitriles is 1. The third kappa shape index (κ3) is 9.91. The summed E-state index contributed by atoms with van der Waals surface area (Å²) in [4.78, 5) is 38.7. The van der Waals surface area contributed by atoms with Gasteiger partial charge in [0.2, 0.25) is 11.6 Å². The second kappa shape index (κ2) is 19.3. The normalized spacial score (nSPS) is 10.7. The minimum absolute atomic E-state index is 0. The van der Waals surface area contributed by atoms with E-state index in [4.69, 9.17) is 6.57 Å². The van der Waals surface area contributed by atoms with E-state index in [-0.39, 0.29) is 98.1 Å². The molecule has 4 rings (SSSR count). The third-order valence-corrected chi connectivity index (χ3v) is 7.79. The number of nitrogens with zero attached hydrogens (tertiary/aromatic N) is 9. The number of nitro benzene ring substituents is 1. The van der Waals surface area contributed by atoms with E-state index < -0.39 is 21.9 Å². The average molecular weight is 771 g/mol. The molecule has 4 N–H and O–H groups in total. The summed E-state index contributed by atoms with van der Waals surface area (Å²) in [6, 6.07) is 9.98. The van der Waals surface area contributed by atoms with Crippen LogP contribution in [0.3, 0.4) is 0 Å². The van der Waals surface area contributed by atoms with Crippen LogP contribution in [-0.4, -0.2) is 34.5 Å². The van der Waals surface area contributed by atoms with Crippen LogP contribution in [0.25, 0.3) is 4.85 Å². The number of benzene rings is 2. The SMILES string of the molecule is CCCCn1c(O)c(C#N)c(C)c(N=Nc2cc(C)ccc2O)c1=O.[C-]#[N+]c1c(C)c(N=Nc2cc([N+](=O)[O-])ccc2O)c(=O)n(CCCC)c1O.[Co]. The largest absolute Gasteiger partial charge is 0.506 e. The molecule has 2 aromatic heterocycles. The van der Waals surface area contributed by atoms with Crippen LogP contribution in [-0.2, 0) is 29.9 Å². The standard InChI is InChI=1S/C18H20N4O3.C17H17N5O5.Co/c1-4-5-8-22-17(24)13(10-19)12(3)16(18(22)25)21-20-14-9-11(2)6-7-15(14)23;1-4-5-8-21-16(24)14(18-3)10(2)15(17(21)25)20-19-12-9-11(22(26)27)6-7-13(12)23;/h6-7,9,23-24H,4-5,8H2,1-3H3;6-7,9,23-24H,4-5,8H2,1-2H3;.